The van der Waals surface area contributed by atoms with E-state index in [1.165, 1.54) is 6.33 Å². The molecule has 1 aliphatic heterocycles. The van der Waals surface area contributed by atoms with Gasteiger partial charge in [-0.05, 0) is 31.6 Å². The monoisotopic (exact) mass is 294 g/mol. The van der Waals surface area contributed by atoms with Gasteiger partial charge in [-0.25, -0.2) is 14.4 Å². The molecule has 2 rings (SSSR count). The van der Waals surface area contributed by atoms with Gasteiger partial charge in [0.05, 0.1) is 5.69 Å². The molecule has 0 aromatic carbocycles. The first kappa shape index (κ1) is 15.7. The summed E-state index contributed by atoms with van der Waals surface area (Å²) in [4.78, 5) is 21.0. The summed E-state index contributed by atoms with van der Waals surface area (Å²) in [7, 11) is 0. The van der Waals surface area contributed by atoms with Gasteiger partial charge in [-0.3, -0.25) is 4.79 Å². The van der Waals surface area contributed by atoms with Gasteiger partial charge in [0.1, 0.15) is 6.33 Å². The van der Waals surface area contributed by atoms with E-state index in [9.17, 15) is 9.18 Å². The Balaban J connectivity index is 1.77. The van der Waals surface area contributed by atoms with Crippen LogP contribution in [0.4, 0.5) is 10.2 Å². The van der Waals surface area contributed by atoms with Crippen LogP contribution in [-0.2, 0) is 11.2 Å². The van der Waals surface area contributed by atoms with Gasteiger partial charge in [0, 0.05) is 26.6 Å². The van der Waals surface area contributed by atoms with Crippen molar-refractivity contribution in [1.29, 1.82) is 0 Å². The van der Waals surface area contributed by atoms with Crippen molar-refractivity contribution in [2.24, 2.45) is 5.92 Å². The topological polar surface area (TPSA) is 58.1 Å². The van der Waals surface area contributed by atoms with E-state index in [4.69, 9.17) is 0 Å². The predicted molar refractivity (Wildman–Crippen MR) is 79.5 cm³/mol. The van der Waals surface area contributed by atoms with Crippen LogP contribution in [0, 0.1) is 11.7 Å². The maximum atomic E-state index is 13.9. The quantitative estimate of drug-likeness (QED) is 0.905. The lowest BCUT2D eigenvalue weighted by atomic mass is 9.93. The number of carbonyl (C=O) groups is 1. The van der Waals surface area contributed by atoms with Crippen molar-refractivity contribution in [2.75, 3.05) is 25.0 Å². The molecular weight excluding hydrogens is 271 g/mol. The summed E-state index contributed by atoms with van der Waals surface area (Å²) in [6.07, 6.45) is 4.97. The highest BCUT2D eigenvalue weighted by Crippen LogP contribution is 2.21. The molecule has 0 atom stereocenters. The minimum absolute atomic E-state index is 0.154. The number of rotatable bonds is 5. The molecule has 1 aromatic rings. The van der Waals surface area contributed by atoms with Gasteiger partial charge in [-0.15, -0.1) is 0 Å². The van der Waals surface area contributed by atoms with Crippen molar-refractivity contribution < 1.29 is 9.18 Å². The van der Waals surface area contributed by atoms with Gasteiger partial charge in [-0.1, -0.05) is 6.92 Å². The van der Waals surface area contributed by atoms with E-state index in [-0.39, 0.29) is 11.7 Å². The summed E-state index contributed by atoms with van der Waals surface area (Å²) in [6.45, 7) is 5.86. The Morgan fingerprint density at radius 3 is 2.76 bits per heavy atom. The number of halogens is 1. The second-order valence-electron chi connectivity index (χ2n) is 5.50. The number of nitrogens with one attached hydrogen (secondary N) is 1. The minimum atomic E-state index is -0.341. The second kappa shape index (κ2) is 7.33. The van der Waals surface area contributed by atoms with Crippen molar-refractivity contribution in [3.05, 3.63) is 17.8 Å². The molecule has 1 aromatic heterocycles. The summed E-state index contributed by atoms with van der Waals surface area (Å²) < 4.78 is 13.9. The van der Waals surface area contributed by atoms with Gasteiger partial charge < -0.3 is 10.2 Å². The van der Waals surface area contributed by atoms with Gasteiger partial charge >= 0.3 is 0 Å². The zero-order valence-electron chi connectivity index (χ0n) is 12.7. The average molecular weight is 294 g/mol. The van der Waals surface area contributed by atoms with E-state index >= 15 is 0 Å². The molecule has 0 radical (unpaired) electrons. The molecule has 2 heterocycles. The summed E-state index contributed by atoms with van der Waals surface area (Å²) in [5.74, 6) is 0.694. The van der Waals surface area contributed by atoms with E-state index in [0.717, 1.165) is 32.4 Å². The highest BCUT2D eigenvalue weighted by atomic mass is 19.1. The first-order valence-electron chi connectivity index (χ1n) is 7.60. The number of anilines is 1. The lowest BCUT2D eigenvalue weighted by molar-refractivity contribution is -0.130. The van der Waals surface area contributed by atoms with Crippen molar-refractivity contribution in [3.63, 3.8) is 0 Å². The zero-order valence-corrected chi connectivity index (χ0v) is 12.7. The van der Waals surface area contributed by atoms with Gasteiger partial charge in [0.15, 0.2) is 11.6 Å². The molecule has 21 heavy (non-hydrogen) atoms. The Morgan fingerprint density at radius 2 is 2.14 bits per heavy atom. The van der Waals surface area contributed by atoms with Crippen LogP contribution in [0.2, 0.25) is 0 Å². The number of amides is 1. The third-order valence-corrected chi connectivity index (χ3v) is 4.10. The Hall–Kier alpha value is -1.72. The first-order valence-corrected chi connectivity index (χ1v) is 7.60. The maximum absolute atomic E-state index is 13.9. The molecule has 1 aliphatic rings. The van der Waals surface area contributed by atoms with Crippen molar-refractivity contribution in [3.8, 4) is 0 Å². The van der Waals surface area contributed by atoms with Crippen LogP contribution in [0.25, 0.3) is 0 Å². The fourth-order valence-electron chi connectivity index (χ4n) is 2.71. The number of nitrogens with zero attached hydrogens (tertiary/aromatic N) is 3. The maximum Gasteiger partial charge on any atom is 0.219 e. The molecule has 116 valence electrons. The van der Waals surface area contributed by atoms with Crippen LogP contribution in [0.15, 0.2) is 6.33 Å². The van der Waals surface area contributed by atoms with Crippen molar-refractivity contribution in [2.45, 2.75) is 39.5 Å². The molecular formula is C15H23FN4O. The third-order valence-electron chi connectivity index (χ3n) is 4.10. The van der Waals surface area contributed by atoms with E-state index in [1.807, 2.05) is 11.8 Å². The van der Waals surface area contributed by atoms with Crippen LogP contribution in [-0.4, -0.2) is 40.4 Å². The molecule has 0 aliphatic carbocycles. The molecule has 1 saturated heterocycles. The highest BCUT2D eigenvalue weighted by molar-refractivity contribution is 5.73. The zero-order chi connectivity index (χ0) is 15.2. The van der Waals surface area contributed by atoms with Gasteiger partial charge in [0.2, 0.25) is 5.91 Å². The van der Waals surface area contributed by atoms with Gasteiger partial charge in [-0.2, -0.15) is 0 Å². The molecule has 5 nitrogen and oxygen atoms in total. The average Bonchev–Trinajstić information content (AvgIpc) is 2.49. The molecule has 6 heteroatoms. The van der Waals surface area contributed by atoms with Crippen molar-refractivity contribution >= 4 is 11.7 Å². The standard InChI is InChI=1S/C15H23FN4O/c1-3-13-14(16)15(19-10-18-13)17-7-4-12-5-8-20(9-6-12)11(2)21/h10,12H,3-9H2,1-2H3,(H,17,18,19). The van der Waals surface area contributed by atoms with Crippen LogP contribution in [0.3, 0.4) is 0 Å². The van der Waals surface area contributed by atoms with Crippen LogP contribution in [0.1, 0.15) is 38.8 Å². The number of aryl methyl sites for hydroxylation is 1. The smallest absolute Gasteiger partial charge is 0.219 e. The molecule has 0 unspecified atom stereocenters. The summed E-state index contributed by atoms with van der Waals surface area (Å²) in [5.41, 5.74) is 0.447. The highest BCUT2D eigenvalue weighted by Gasteiger charge is 2.20. The second-order valence-corrected chi connectivity index (χ2v) is 5.50. The van der Waals surface area contributed by atoms with E-state index in [1.54, 1.807) is 6.92 Å². The fourth-order valence-corrected chi connectivity index (χ4v) is 2.71. The number of carbonyl (C=O) groups excluding carboxylic acids is 1. The van der Waals surface area contributed by atoms with Gasteiger partial charge in [0.25, 0.3) is 0 Å². The molecule has 0 saturated carbocycles. The number of hydrogen-bond acceptors (Lipinski definition) is 4. The third kappa shape index (κ3) is 4.12. The lowest BCUT2D eigenvalue weighted by Crippen LogP contribution is -2.37. The Labute approximate surface area is 125 Å². The lowest BCUT2D eigenvalue weighted by Gasteiger charge is -2.31. The Kier molecular flexibility index (Phi) is 5.47. The number of aromatic nitrogens is 2. The molecule has 1 N–H and O–H groups in total. The Bertz CT molecular complexity index is 487. The van der Waals surface area contributed by atoms with Crippen LogP contribution < -0.4 is 5.32 Å². The Morgan fingerprint density at radius 1 is 1.43 bits per heavy atom. The fraction of sp³-hybridized carbons (Fsp3) is 0.667. The largest absolute Gasteiger partial charge is 0.368 e. The van der Waals surface area contributed by atoms with Crippen LogP contribution in [0.5, 0.6) is 0 Å². The van der Waals surface area contributed by atoms with E-state index < -0.39 is 0 Å². The molecule has 0 bridgehead atoms. The molecule has 0 spiro atoms. The summed E-state index contributed by atoms with van der Waals surface area (Å²) in [5, 5.41) is 3.06. The van der Waals surface area contributed by atoms with E-state index in [2.05, 4.69) is 15.3 Å². The number of hydrogen-bond donors (Lipinski definition) is 1. The SMILES string of the molecule is CCc1ncnc(NCCC2CCN(C(C)=O)CC2)c1F. The number of likely N-dealkylation sites (tertiary alicyclic amines) is 1. The first-order chi connectivity index (χ1) is 10.1. The van der Waals surface area contributed by atoms with Crippen molar-refractivity contribution in [1.82, 2.24) is 14.9 Å². The van der Waals surface area contributed by atoms with E-state index in [0.29, 0.717) is 30.4 Å². The minimum Gasteiger partial charge on any atom is -0.368 e. The predicted octanol–water partition coefficient (Wildman–Crippen LogP) is 2.24. The normalized spacial score (nSPS) is 16.0. The molecule has 1 fully saturated rings. The molecule has 1 amide bonds. The summed E-state index contributed by atoms with van der Waals surface area (Å²) >= 11 is 0. The van der Waals surface area contributed by atoms with Crippen LogP contribution >= 0.6 is 0 Å². The number of piperidine rings is 1. The summed E-state index contributed by atoms with van der Waals surface area (Å²) in [6, 6.07) is 0.